The Kier molecular flexibility index (Phi) is 15.7. The largest absolute Gasteiger partial charge is 0.357 e. The van der Waals surface area contributed by atoms with Gasteiger partial charge in [-0.25, -0.2) is 0 Å². The first-order valence-corrected chi connectivity index (χ1v) is 11.0. The second-order valence-electron chi connectivity index (χ2n) is 6.67. The van der Waals surface area contributed by atoms with Crippen LogP contribution in [0.3, 0.4) is 0 Å². The van der Waals surface area contributed by atoms with Crippen LogP contribution in [-0.4, -0.2) is 86.5 Å². The van der Waals surface area contributed by atoms with E-state index in [2.05, 4.69) is 33.7 Å². The number of halogens is 1. The molecule has 0 spiro atoms. The Bertz CT molecular complexity index is 409. The van der Waals surface area contributed by atoms with Crippen molar-refractivity contribution >= 4 is 47.6 Å². The summed E-state index contributed by atoms with van der Waals surface area (Å²) >= 11 is 1.90. The number of rotatable bonds is 11. The van der Waals surface area contributed by atoms with E-state index in [0.717, 1.165) is 57.9 Å². The van der Waals surface area contributed by atoms with Crippen LogP contribution in [0.1, 0.15) is 39.0 Å². The van der Waals surface area contributed by atoms with Gasteiger partial charge < -0.3 is 15.5 Å². The molecule has 0 bridgehead atoms. The Morgan fingerprint density at radius 1 is 1.27 bits per heavy atom. The van der Waals surface area contributed by atoms with Gasteiger partial charge in [0.05, 0.1) is 6.04 Å². The summed E-state index contributed by atoms with van der Waals surface area (Å²) in [6, 6.07) is 0.0711. The quantitative estimate of drug-likeness (QED) is 0.198. The highest BCUT2D eigenvalue weighted by Gasteiger charge is 2.30. The van der Waals surface area contributed by atoms with Crippen LogP contribution in [0.2, 0.25) is 0 Å². The lowest BCUT2D eigenvalue weighted by Gasteiger charge is -2.25. The minimum absolute atomic E-state index is 0. The average Bonchev–Trinajstić information content (AvgIpc) is 3.05. The molecule has 0 aliphatic carbocycles. The first-order valence-electron chi connectivity index (χ1n) is 9.56. The van der Waals surface area contributed by atoms with E-state index in [0.29, 0.717) is 0 Å². The van der Waals surface area contributed by atoms with Crippen LogP contribution in [0.15, 0.2) is 4.99 Å². The van der Waals surface area contributed by atoms with Gasteiger partial charge in [0.1, 0.15) is 0 Å². The number of hydrogen-bond acceptors (Lipinski definition) is 4. The summed E-state index contributed by atoms with van der Waals surface area (Å²) in [6.07, 6.45) is 7.65. The van der Waals surface area contributed by atoms with E-state index in [9.17, 15) is 4.79 Å². The number of likely N-dealkylation sites (tertiary alicyclic amines) is 1. The summed E-state index contributed by atoms with van der Waals surface area (Å²) in [5.41, 5.74) is 0. The molecule has 0 saturated carbocycles. The van der Waals surface area contributed by atoms with E-state index in [4.69, 9.17) is 0 Å². The van der Waals surface area contributed by atoms with E-state index in [1.54, 1.807) is 4.90 Å². The molecule has 1 rings (SSSR count). The van der Waals surface area contributed by atoms with Crippen molar-refractivity contribution in [2.45, 2.75) is 45.1 Å². The minimum Gasteiger partial charge on any atom is -0.357 e. The molecule has 26 heavy (non-hydrogen) atoms. The number of aliphatic imine (C=N–C) groups is 1. The van der Waals surface area contributed by atoms with Crippen molar-refractivity contribution in [3.05, 3.63) is 0 Å². The third-order valence-corrected chi connectivity index (χ3v) is 5.07. The van der Waals surface area contributed by atoms with Gasteiger partial charge in [-0.2, -0.15) is 11.8 Å². The highest BCUT2D eigenvalue weighted by atomic mass is 127. The number of nitrogens with zero attached hydrogens (tertiary/aromatic N) is 3. The Hall–Kier alpha value is -0.220. The fraction of sp³-hybridized carbons (Fsp3) is 0.889. The molecule has 2 N–H and O–H groups in total. The number of hydrogen-bond donors (Lipinski definition) is 2. The third-order valence-electron chi connectivity index (χ3n) is 4.37. The van der Waals surface area contributed by atoms with Gasteiger partial charge in [-0.1, -0.05) is 0 Å². The molecule has 1 heterocycles. The smallest absolute Gasteiger partial charge is 0.239 e. The van der Waals surface area contributed by atoms with Crippen LogP contribution in [-0.2, 0) is 4.79 Å². The van der Waals surface area contributed by atoms with E-state index in [1.165, 1.54) is 18.6 Å². The minimum atomic E-state index is 0. The molecule has 1 unspecified atom stereocenters. The number of carbonyl (C=O) groups excluding carboxylic acids is 1. The van der Waals surface area contributed by atoms with Crippen molar-refractivity contribution in [1.29, 1.82) is 0 Å². The van der Waals surface area contributed by atoms with Crippen molar-refractivity contribution in [3.63, 3.8) is 0 Å². The molecule has 1 atom stereocenters. The summed E-state index contributed by atoms with van der Waals surface area (Å²) in [5.74, 6) is 2.37. The first kappa shape index (κ1) is 25.8. The molecule has 1 amide bonds. The molecule has 1 fully saturated rings. The van der Waals surface area contributed by atoms with E-state index >= 15 is 0 Å². The third kappa shape index (κ3) is 10.2. The van der Waals surface area contributed by atoms with Crippen LogP contribution in [0.5, 0.6) is 0 Å². The summed E-state index contributed by atoms with van der Waals surface area (Å²) in [7, 11) is 3.69. The van der Waals surface area contributed by atoms with Crippen LogP contribution >= 0.6 is 35.7 Å². The van der Waals surface area contributed by atoms with Gasteiger partial charge in [0.2, 0.25) is 5.91 Å². The number of unbranched alkanes of at least 4 members (excludes halogenated alkanes) is 1. The van der Waals surface area contributed by atoms with Crippen molar-refractivity contribution in [3.8, 4) is 0 Å². The maximum atomic E-state index is 12.2. The van der Waals surface area contributed by atoms with E-state index in [1.807, 2.05) is 25.9 Å². The molecule has 8 heteroatoms. The molecule has 0 aromatic heterocycles. The number of amides is 1. The highest BCUT2D eigenvalue weighted by molar-refractivity contribution is 14.0. The lowest BCUT2D eigenvalue weighted by Crippen LogP contribution is -2.43. The maximum absolute atomic E-state index is 12.2. The van der Waals surface area contributed by atoms with Crippen molar-refractivity contribution in [2.24, 2.45) is 4.99 Å². The van der Waals surface area contributed by atoms with Crippen LogP contribution in [0.4, 0.5) is 0 Å². The molecule has 154 valence electrons. The zero-order valence-corrected chi connectivity index (χ0v) is 20.1. The lowest BCUT2D eigenvalue weighted by molar-refractivity contribution is -0.133. The van der Waals surface area contributed by atoms with E-state index in [-0.39, 0.29) is 35.9 Å². The van der Waals surface area contributed by atoms with Gasteiger partial charge >= 0.3 is 0 Å². The number of likely N-dealkylation sites (N-methyl/N-ethyl adjacent to an activating group) is 1. The molecule has 1 aliphatic heterocycles. The zero-order valence-electron chi connectivity index (χ0n) is 16.9. The standard InChI is InChI=1S/C18H37N5OS.HI/c1-5-19-18(20-11-6-7-15-25-4)21-12-9-14-23-13-8-10-16(23)17(24)22(2)3;/h16H,5-15H2,1-4H3,(H2,19,20,21);1H. The number of thioether (sulfide) groups is 1. The summed E-state index contributed by atoms with van der Waals surface area (Å²) < 4.78 is 0. The monoisotopic (exact) mass is 499 g/mol. The predicted molar refractivity (Wildman–Crippen MR) is 125 cm³/mol. The Labute approximate surface area is 181 Å². The molecular weight excluding hydrogens is 461 g/mol. The lowest BCUT2D eigenvalue weighted by atomic mass is 10.2. The van der Waals surface area contributed by atoms with Gasteiger partial charge in [0, 0.05) is 40.3 Å². The van der Waals surface area contributed by atoms with E-state index < -0.39 is 0 Å². The van der Waals surface area contributed by atoms with Gasteiger partial charge in [0.15, 0.2) is 5.96 Å². The molecule has 0 aromatic carbocycles. The second kappa shape index (κ2) is 15.8. The number of guanidine groups is 1. The Morgan fingerprint density at radius 3 is 2.69 bits per heavy atom. The average molecular weight is 500 g/mol. The summed E-state index contributed by atoms with van der Waals surface area (Å²) in [4.78, 5) is 20.9. The van der Waals surface area contributed by atoms with Crippen molar-refractivity contribution in [2.75, 3.05) is 58.8 Å². The fourth-order valence-electron chi connectivity index (χ4n) is 3.06. The SMILES string of the molecule is CCNC(=NCCCN1CCCC1C(=O)N(C)C)NCCCCSC.I. The first-order chi connectivity index (χ1) is 12.1. The Morgan fingerprint density at radius 2 is 2.04 bits per heavy atom. The highest BCUT2D eigenvalue weighted by Crippen LogP contribution is 2.18. The number of carbonyl (C=O) groups is 1. The van der Waals surface area contributed by atoms with Crippen molar-refractivity contribution < 1.29 is 4.79 Å². The van der Waals surface area contributed by atoms with Crippen LogP contribution < -0.4 is 10.6 Å². The van der Waals surface area contributed by atoms with Gasteiger partial charge in [-0.15, -0.1) is 24.0 Å². The van der Waals surface area contributed by atoms with Crippen LogP contribution in [0.25, 0.3) is 0 Å². The fourth-order valence-corrected chi connectivity index (χ4v) is 3.55. The normalized spacial score (nSPS) is 17.7. The molecule has 1 aliphatic rings. The van der Waals surface area contributed by atoms with Gasteiger partial charge in [0.25, 0.3) is 0 Å². The van der Waals surface area contributed by atoms with Gasteiger partial charge in [-0.05, 0) is 57.6 Å². The zero-order chi connectivity index (χ0) is 18.5. The van der Waals surface area contributed by atoms with Gasteiger partial charge in [-0.3, -0.25) is 14.7 Å². The molecule has 6 nitrogen and oxygen atoms in total. The van der Waals surface area contributed by atoms with Crippen molar-refractivity contribution in [1.82, 2.24) is 20.4 Å². The number of nitrogens with one attached hydrogen (secondary N) is 2. The summed E-state index contributed by atoms with van der Waals surface area (Å²) in [5, 5.41) is 6.71. The molecular formula is C18H38IN5OS. The molecule has 1 saturated heterocycles. The summed E-state index contributed by atoms with van der Waals surface area (Å²) in [6.45, 7) is 6.70. The topological polar surface area (TPSA) is 60.0 Å². The molecule has 0 aromatic rings. The Balaban J connectivity index is 0.00000625. The van der Waals surface area contributed by atoms with Crippen LogP contribution in [0, 0.1) is 0 Å². The predicted octanol–water partition coefficient (Wildman–Crippen LogP) is 2.25. The maximum Gasteiger partial charge on any atom is 0.239 e. The second-order valence-corrected chi connectivity index (χ2v) is 7.65. The molecule has 0 radical (unpaired) electrons.